The number of nitrogens with zero attached hydrogens (tertiary/aromatic N) is 4. The highest BCUT2D eigenvalue weighted by Gasteiger charge is 2.07. The number of carbonyl (C=O) groups is 1. The SMILES string of the molecule is N#Cc1cc(NC(=O)Cn2cc(CN)nn2)ccc1Cl. The largest absolute Gasteiger partial charge is 0.325 e. The van der Waals surface area contributed by atoms with Gasteiger partial charge in [-0.1, -0.05) is 16.8 Å². The first-order valence-electron chi connectivity index (χ1n) is 5.71. The molecule has 1 amide bonds. The second-order valence-corrected chi connectivity index (χ2v) is 4.37. The van der Waals surface area contributed by atoms with Crippen molar-refractivity contribution in [1.82, 2.24) is 15.0 Å². The lowest BCUT2D eigenvalue weighted by Crippen LogP contribution is -2.19. The van der Waals surface area contributed by atoms with Crippen molar-refractivity contribution in [3.63, 3.8) is 0 Å². The van der Waals surface area contributed by atoms with E-state index < -0.39 is 0 Å². The molecule has 0 aliphatic heterocycles. The summed E-state index contributed by atoms with van der Waals surface area (Å²) in [5.41, 5.74) is 6.81. The van der Waals surface area contributed by atoms with Gasteiger partial charge in [0.1, 0.15) is 12.6 Å². The van der Waals surface area contributed by atoms with Crippen molar-refractivity contribution in [2.75, 3.05) is 5.32 Å². The maximum absolute atomic E-state index is 11.8. The van der Waals surface area contributed by atoms with Crippen molar-refractivity contribution in [1.29, 1.82) is 5.26 Å². The molecule has 20 heavy (non-hydrogen) atoms. The fourth-order valence-corrected chi connectivity index (χ4v) is 1.71. The van der Waals surface area contributed by atoms with Gasteiger partial charge in [-0.25, -0.2) is 4.68 Å². The van der Waals surface area contributed by atoms with Gasteiger partial charge in [0.2, 0.25) is 5.91 Å². The summed E-state index contributed by atoms with van der Waals surface area (Å²) in [4.78, 5) is 11.8. The van der Waals surface area contributed by atoms with Gasteiger partial charge in [0.15, 0.2) is 0 Å². The summed E-state index contributed by atoms with van der Waals surface area (Å²) in [7, 11) is 0. The number of carbonyl (C=O) groups excluding carboxylic acids is 1. The molecule has 0 radical (unpaired) electrons. The molecule has 1 aromatic heterocycles. The Morgan fingerprint density at radius 1 is 1.55 bits per heavy atom. The number of anilines is 1. The zero-order valence-electron chi connectivity index (χ0n) is 10.4. The van der Waals surface area contributed by atoms with E-state index in [0.717, 1.165) is 0 Å². The van der Waals surface area contributed by atoms with Crippen LogP contribution in [0.1, 0.15) is 11.3 Å². The topological polar surface area (TPSA) is 110 Å². The second kappa shape index (κ2) is 6.14. The van der Waals surface area contributed by atoms with Gasteiger partial charge >= 0.3 is 0 Å². The van der Waals surface area contributed by atoms with Crippen molar-refractivity contribution >= 4 is 23.2 Å². The Morgan fingerprint density at radius 2 is 2.35 bits per heavy atom. The smallest absolute Gasteiger partial charge is 0.246 e. The van der Waals surface area contributed by atoms with Gasteiger partial charge < -0.3 is 11.1 Å². The molecule has 7 nitrogen and oxygen atoms in total. The van der Waals surface area contributed by atoms with Crippen molar-refractivity contribution in [2.24, 2.45) is 5.73 Å². The summed E-state index contributed by atoms with van der Waals surface area (Å²) in [5, 5.41) is 19.4. The average molecular weight is 291 g/mol. The van der Waals surface area contributed by atoms with Gasteiger partial charge in [-0.15, -0.1) is 5.10 Å². The molecule has 2 aromatic rings. The number of amides is 1. The average Bonchev–Trinajstić information content (AvgIpc) is 2.88. The lowest BCUT2D eigenvalue weighted by atomic mass is 10.2. The van der Waals surface area contributed by atoms with Crippen molar-refractivity contribution in [3.8, 4) is 6.07 Å². The normalized spacial score (nSPS) is 10.1. The van der Waals surface area contributed by atoms with E-state index in [0.29, 0.717) is 22.0 Å². The molecular weight excluding hydrogens is 280 g/mol. The Balaban J connectivity index is 2.03. The minimum absolute atomic E-state index is 0.0114. The lowest BCUT2D eigenvalue weighted by Gasteiger charge is -2.05. The highest BCUT2D eigenvalue weighted by Crippen LogP contribution is 2.19. The minimum atomic E-state index is -0.287. The van der Waals surface area contributed by atoms with Gasteiger partial charge in [-0.3, -0.25) is 4.79 Å². The van der Waals surface area contributed by atoms with E-state index in [1.807, 2.05) is 6.07 Å². The van der Waals surface area contributed by atoms with Gasteiger partial charge in [-0.05, 0) is 18.2 Å². The van der Waals surface area contributed by atoms with E-state index in [1.54, 1.807) is 18.3 Å². The number of nitrogens with two attached hydrogens (primary N) is 1. The summed E-state index contributed by atoms with van der Waals surface area (Å²) in [6, 6.07) is 6.62. The molecule has 3 N–H and O–H groups in total. The van der Waals surface area contributed by atoms with E-state index in [-0.39, 0.29) is 19.0 Å². The Bertz CT molecular complexity index is 675. The number of benzene rings is 1. The first-order valence-corrected chi connectivity index (χ1v) is 6.08. The van der Waals surface area contributed by atoms with E-state index in [4.69, 9.17) is 22.6 Å². The molecule has 0 spiro atoms. The third-order valence-corrected chi connectivity index (χ3v) is 2.80. The molecule has 0 aliphatic rings. The molecule has 102 valence electrons. The molecule has 1 heterocycles. The molecule has 2 rings (SSSR count). The van der Waals surface area contributed by atoms with Crippen LogP contribution in [0.3, 0.4) is 0 Å². The predicted octanol–water partition coefficient (Wildman–Crippen LogP) is 0.901. The number of aromatic nitrogens is 3. The Morgan fingerprint density at radius 3 is 3.00 bits per heavy atom. The number of nitrogens with one attached hydrogen (secondary N) is 1. The van der Waals surface area contributed by atoms with Crippen LogP contribution in [0, 0.1) is 11.3 Å². The van der Waals surface area contributed by atoms with Crippen LogP contribution in [0.4, 0.5) is 5.69 Å². The number of halogens is 1. The zero-order chi connectivity index (χ0) is 14.5. The van der Waals surface area contributed by atoms with E-state index in [1.165, 1.54) is 10.7 Å². The van der Waals surface area contributed by atoms with Crippen molar-refractivity contribution in [3.05, 3.63) is 40.7 Å². The maximum atomic E-state index is 11.8. The van der Waals surface area contributed by atoms with Crippen LogP contribution in [0.2, 0.25) is 5.02 Å². The van der Waals surface area contributed by atoms with Crippen LogP contribution < -0.4 is 11.1 Å². The van der Waals surface area contributed by atoms with E-state index in [2.05, 4.69) is 15.6 Å². The fourth-order valence-electron chi connectivity index (χ4n) is 1.55. The molecule has 8 heteroatoms. The number of hydrogen-bond donors (Lipinski definition) is 2. The number of rotatable bonds is 4. The second-order valence-electron chi connectivity index (χ2n) is 3.97. The third kappa shape index (κ3) is 3.32. The van der Waals surface area contributed by atoms with Crippen LogP contribution in [0.5, 0.6) is 0 Å². The quantitative estimate of drug-likeness (QED) is 0.869. The summed E-state index contributed by atoms with van der Waals surface area (Å²) in [5.74, 6) is -0.287. The van der Waals surface area contributed by atoms with Crippen LogP contribution in [0.15, 0.2) is 24.4 Å². The summed E-state index contributed by atoms with van der Waals surface area (Å²) >= 11 is 5.81. The summed E-state index contributed by atoms with van der Waals surface area (Å²) in [6.45, 7) is 0.280. The molecular formula is C12H11ClN6O. The molecule has 0 saturated carbocycles. The van der Waals surface area contributed by atoms with E-state index >= 15 is 0 Å². The van der Waals surface area contributed by atoms with Gasteiger partial charge in [0.25, 0.3) is 0 Å². The molecule has 0 bridgehead atoms. The van der Waals surface area contributed by atoms with Crippen molar-refractivity contribution in [2.45, 2.75) is 13.1 Å². The van der Waals surface area contributed by atoms with Crippen LogP contribution in [-0.4, -0.2) is 20.9 Å². The molecule has 0 saturated heterocycles. The van der Waals surface area contributed by atoms with Gasteiger partial charge in [0.05, 0.1) is 22.5 Å². The molecule has 0 unspecified atom stereocenters. The lowest BCUT2D eigenvalue weighted by molar-refractivity contribution is -0.116. The minimum Gasteiger partial charge on any atom is -0.325 e. The number of hydrogen-bond acceptors (Lipinski definition) is 5. The molecule has 0 atom stereocenters. The highest BCUT2D eigenvalue weighted by atomic mass is 35.5. The van der Waals surface area contributed by atoms with E-state index in [9.17, 15) is 4.79 Å². The standard InChI is InChI=1S/C12H11ClN6O/c13-11-2-1-9(3-8(11)4-14)16-12(20)7-19-6-10(5-15)17-18-19/h1-3,6H,5,7,15H2,(H,16,20). The Labute approximate surface area is 119 Å². The van der Waals surface area contributed by atoms with Crippen LogP contribution >= 0.6 is 11.6 Å². The molecule has 0 fully saturated rings. The predicted molar refractivity (Wildman–Crippen MR) is 72.7 cm³/mol. The first-order chi connectivity index (χ1) is 9.62. The van der Waals surface area contributed by atoms with Gasteiger partial charge in [-0.2, -0.15) is 5.26 Å². The molecule has 1 aromatic carbocycles. The monoisotopic (exact) mass is 290 g/mol. The Kier molecular flexibility index (Phi) is 4.30. The summed E-state index contributed by atoms with van der Waals surface area (Å²) < 4.78 is 1.39. The maximum Gasteiger partial charge on any atom is 0.246 e. The number of nitriles is 1. The zero-order valence-corrected chi connectivity index (χ0v) is 11.1. The first kappa shape index (κ1) is 14.0. The van der Waals surface area contributed by atoms with Crippen LogP contribution in [-0.2, 0) is 17.9 Å². The third-order valence-electron chi connectivity index (χ3n) is 2.47. The van der Waals surface area contributed by atoms with Crippen molar-refractivity contribution < 1.29 is 4.79 Å². The Hall–Kier alpha value is -2.43. The molecule has 0 aliphatic carbocycles. The van der Waals surface area contributed by atoms with Gasteiger partial charge in [0, 0.05) is 12.2 Å². The highest BCUT2D eigenvalue weighted by molar-refractivity contribution is 6.31. The fraction of sp³-hybridized carbons (Fsp3) is 0.167. The van der Waals surface area contributed by atoms with Crippen LogP contribution in [0.25, 0.3) is 0 Å². The summed E-state index contributed by atoms with van der Waals surface area (Å²) in [6.07, 6.45) is 1.60.